The Morgan fingerprint density at radius 3 is 2.85 bits per heavy atom. The van der Waals surface area contributed by atoms with E-state index in [1.54, 1.807) is 0 Å². The number of ether oxygens (including phenoxy) is 1. The Balaban J connectivity index is 2.19. The van der Waals surface area contributed by atoms with Gasteiger partial charge in [0.2, 0.25) is 5.91 Å². The Bertz CT molecular complexity index is 470. The highest BCUT2D eigenvalue weighted by atomic mass is 16.5. The second kappa shape index (κ2) is 6.89. The topological polar surface area (TPSA) is 29.5 Å². The van der Waals surface area contributed by atoms with Gasteiger partial charge in [0.15, 0.2) is 0 Å². The molecule has 1 atom stereocenters. The zero-order chi connectivity index (χ0) is 14.5. The SMILES string of the molecule is CCCCOCN1C(=O)CC(C)c2ccc(CC)cc21. The summed E-state index contributed by atoms with van der Waals surface area (Å²) in [5.41, 5.74) is 3.58. The summed E-state index contributed by atoms with van der Waals surface area (Å²) >= 11 is 0. The molecule has 0 fully saturated rings. The second-order valence-corrected chi connectivity index (χ2v) is 5.56. The molecule has 0 radical (unpaired) electrons. The first-order chi connectivity index (χ1) is 9.67. The summed E-state index contributed by atoms with van der Waals surface area (Å²) in [6, 6.07) is 6.48. The van der Waals surface area contributed by atoms with Crippen LogP contribution in [0.25, 0.3) is 0 Å². The van der Waals surface area contributed by atoms with Gasteiger partial charge in [0.05, 0.1) is 0 Å². The van der Waals surface area contributed by atoms with Crippen molar-refractivity contribution in [2.75, 3.05) is 18.2 Å². The lowest BCUT2D eigenvalue weighted by atomic mass is 9.90. The largest absolute Gasteiger partial charge is 0.361 e. The van der Waals surface area contributed by atoms with E-state index in [1.807, 2.05) is 4.90 Å². The number of nitrogens with zero attached hydrogens (tertiary/aromatic N) is 1. The van der Waals surface area contributed by atoms with Gasteiger partial charge in [0.25, 0.3) is 0 Å². The van der Waals surface area contributed by atoms with E-state index in [-0.39, 0.29) is 5.91 Å². The van der Waals surface area contributed by atoms with Gasteiger partial charge in [-0.05, 0) is 36.0 Å². The number of benzene rings is 1. The summed E-state index contributed by atoms with van der Waals surface area (Å²) in [5.74, 6) is 0.477. The van der Waals surface area contributed by atoms with Gasteiger partial charge >= 0.3 is 0 Å². The van der Waals surface area contributed by atoms with Gasteiger partial charge in [0.1, 0.15) is 6.73 Å². The molecule has 1 aliphatic rings. The first-order valence-electron chi connectivity index (χ1n) is 7.68. The zero-order valence-corrected chi connectivity index (χ0v) is 12.8. The number of carbonyl (C=O) groups is 1. The fourth-order valence-electron chi connectivity index (χ4n) is 2.62. The minimum absolute atomic E-state index is 0.176. The lowest BCUT2D eigenvalue weighted by Crippen LogP contribution is -2.38. The number of amides is 1. The predicted octanol–water partition coefficient (Wildman–Crippen LogP) is 3.86. The van der Waals surface area contributed by atoms with Crippen molar-refractivity contribution < 1.29 is 9.53 Å². The molecule has 1 unspecified atom stereocenters. The zero-order valence-electron chi connectivity index (χ0n) is 12.8. The van der Waals surface area contributed by atoms with E-state index in [4.69, 9.17) is 4.74 Å². The third kappa shape index (κ3) is 3.21. The normalized spacial score (nSPS) is 18.2. The van der Waals surface area contributed by atoms with Gasteiger partial charge in [-0.2, -0.15) is 0 Å². The second-order valence-electron chi connectivity index (χ2n) is 5.56. The molecule has 0 spiro atoms. The summed E-state index contributed by atoms with van der Waals surface area (Å²) in [6.45, 7) is 7.50. The van der Waals surface area contributed by atoms with Gasteiger partial charge < -0.3 is 4.74 Å². The number of hydrogen-bond donors (Lipinski definition) is 0. The fourth-order valence-corrected chi connectivity index (χ4v) is 2.62. The molecule has 1 aliphatic heterocycles. The Kier molecular flexibility index (Phi) is 5.18. The van der Waals surface area contributed by atoms with Crippen LogP contribution in [-0.4, -0.2) is 19.2 Å². The third-order valence-electron chi connectivity index (χ3n) is 3.97. The van der Waals surface area contributed by atoms with Gasteiger partial charge in [-0.3, -0.25) is 9.69 Å². The van der Waals surface area contributed by atoms with E-state index in [9.17, 15) is 4.79 Å². The Hall–Kier alpha value is -1.35. The molecule has 0 N–H and O–H groups in total. The molecular formula is C17H25NO2. The molecule has 20 heavy (non-hydrogen) atoms. The van der Waals surface area contributed by atoms with Crippen molar-refractivity contribution in [3.8, 4) is 0 Å². The van der Waals surface area contributed by atoms with Crippen LogP contribution in [0.5, 0.6) is 0 Å². The molecule has 110 valence electrons. The molecule has 1 amide bonds. The predicted molar refractivity (Wildman–Crippen MR) is 82.1 cm³/mol. The summed E-state index contributed by atoms with van der Waals surface area (Å²) in [7, 11) is 0. The minimum atomic E-state index is 0.176. The quantitative estimate of drug-likeness (QED) is 0.738. The van der Waals surface area contributed by atoms with E-state index in [0.29, 0.717) is 19.1 Å². The highest BCUT2D eigenvalue weighted by molar-refractivity contribution is 5.97. The lowest BCUT2D eigenvalue weighted by Gasteiger charge is -2.33. The van der Waals surface area contributed by atoms with Crippen molar-refractivity contribution in [3.63, 3.8) is 0 Å². The molecule has 0 saturated heterocycles. The number of anilines is 1. The maximum Gasteiger partial charge on any atom is 0.229 e. The van der Waals surface area contributed by atoms with E-state index in [0.717, 1.165) is 31.6 Å². The molecule has 0 saturated carbocycles. The molecule has 1 heterocycles. The van der Waals surface area contributed by atoms with Crippen LogP contribution in [0.3, 0.4) is 0 Å². The van der Waals surface area contributed by atoms with Crippen LogP contribution in [0.2, 0.25) is 0 Å². The van der Waals surface area contributed by atoms with Crippen molar-refractivity contribution in [3.05, 3.63) is 29.3 Å². The molecule has 1 aromatic rings. The van der Waals surface area contributed by atoms with E-state index < -0.39 is 0 Å². The summed E-state index contributed by atoms with van der Waals surface area (Å²) in [4.78, 5) is 14.1. The maximum atomic E-state index is 12.3. The number of carbonyl (C=O) groups excluding carboxylic acids is 1. The van der Waals surface area contributed by atoms with E-state index in [2.05, 4.69) is 39.0 Å². The third-order valence-corrected chi connectivity index (χ3v) is 3.97. The highest BCUT2D eigenvalue weighted by Gasteiger charge is 2.28. The molecule has 3 nitrogen and oxygen atoms in total. The number of hydrogen-bond acceptors (Lipinski definition) is 2. The first-order valence-corrected chi connectivity index (χ1v) is 7.68. The standard InChI is InChI=1S/C17H25NO2/c1-4-6-9-20-12-18-16-11-14(5-2)7-8-15(16)13(3)10-17(18)19/h7-8,11,13H,4-6,9-10,12H2,1-3H3. The molecule has 0 aliphatic carbocycles. The number of rotatable bonds is 6. The van der Waals surface area contributed by atoms with Crippen molar-refractivity contribution in [2.24, 2.45) is 0 Å². The summed E-state index contributed by atoms with van der Waals surface area (Å²) in [5, 5.41) is 0. The summed E-state index contributed by atoms with van der Waals surface area (Å²) < 4.78 is 5.65. The monoisotopic (exact) mass is 275 g/mol. The van der Waals surface area contributed by atoms with Crippen LogP contribution < -0.4 is 4.90 Å². The van der Waals surface area contributed by atoms with E-state index >= 15 is 0 Å². The minimum Gasteiger partial charge on any atom is -0.361 e. The van der Waals surface area contributed by atoms with Crippen LogP contribution in [0.1, 0.15) is 57.1 Å². The smallest absolute Gasteiger partial charge is 0.229 e. The van der Waals surface area contributed by atoms with E-state index in [1.165, 1.54) is 11.1 Å². The Morgan fingerprint density at radius 2 is 2.15 bits per heavy atom. The summed E-state index contributed by atoms with van der Waals surface area (Å²) in [6.07, 6.45) is 3.72. The number of aryl methyl sites for hydroxylation is 1. The molecule has 0 bridgehead atoms. The molecular weight excluding hydrogens is 250 g/mol. The van der Waals surface area contributed by atoms with Crippen molar-refractivity contribution >= 4 is 11.6 Å². The Morgan fingerprint density at radius 1 is 1.35 bits per heavy atom. The maximum absolute atomic E-state index is 12.3. The molecule has 2 rings (SSSR count). The average Bonchev–Trinajstić information content (AvgIpc) is 2.45. The van der Waals surface area contributed by atoms with Gasteiger partial charge in [-0.25, -0.2) is 0 Å². The molecule has 3 heteroatoms. The van der Waals surface area contributed by atoms with Crippen LogP contribution >= 0.6 is 0 Å². The van der Waals surface area contributed by atoms with Crippen LogP contribution in [0.4, 0.5) is 5.69 Å². The van der Waals surface area contributed by atoms with Gasteiger partial charge in [-0.1, -0.05) is 39.3 Å². The van der Waals surface area contributed by atoms with Crippen molar-refractivity contribution in [2.45, 2.75) is 52.4 Å². The molecule has 1 aromatic carbocycles. The van der Waals surface area contributed by atoms with Crippen molar-refractivity contribution in [1.29, 1.82) is 0 Å². The van der Waals surface area contributed by atoms with Crippen molar-refractivity contribution in [1.82, 2.24) is 0 Å². The van der Waals surface area contributed by atoms with Crippen LogP contribution in [-0.2, 0) is 16.0 Å². The first kappa shape index (κ1) is 15.0. The average molecular weight is 275 g/mol. The number of unbranched alkanes of at least 4 members (excludes halogenated alkanes) is 1. The van der Waals surface area contributed by atoms with Gasteiger partial charge in [0, 0.05) is 18.7 Å². The lowest BCUT2D eigenvalue weighted by molar-refractivity contribution is -0.120. The number of fused-ring (bicyclic) bond motifs is 1. The van der Waals surface area contributed by atoms with Crippen LogP contribution in [0.15, 0.2) is 18.2 Å². The fraction of sp³-hybridized carbons (Fsp3) is 0.588. The molecule has 0 aromatic heterocycles. The van der Waals surface area contributed by atoms with Crippen LogP contribution in [0, 0.1) is 0 Å². The van der Waals surface area contributed by atoms with Gasteiger partial charge in [-0.15, -0.1) is 0 Å². The highest BCUT2D eigenvalue weighted by Crippen LogP contribution is 2.36. The Labute approximate surface area is 121 Å².